The summed E-state index contributed by atoms with van der Waals surface area (Å²) in [5.74, 6) is 1.13. The largest absolute Gasteiger partial charge is 0.368 e. The summed E-state index contributed by atoms with van der Waals surface area (Å²) in [6, 6.07) is 9.66. The highest BCUT2D eigenvalue weighted by Gasteiger charge is 2.34. The van der Waals surface area contributed by atoms with Crippen molar-refractivity contribution in [3.8, 4) is 0 Å². The van der Waals surface area contributed by atoms with Gasteiger partial charge in [-0.05, 0) is 61.4 Å². The fourth-order valence-corrected chi connectivity index (χ4v) is 4.68. The van der Waals surface area contributed by atoms with Gasteiger partial charge < -0.3 is 15.6 Å². The van der Waals surface area contributed by atoms with E-state index in [1.54, 1.807) is 0 Å². The second-order valence-electron chi connectivity index (χ2n) is 8.23. The minimum Gasteiger partial charge on any atom is -0.368 e. The van der Waals surface area contributed by atoms with Crippen LogP contribution >= 0.6 is 11.6 Å². The van der Waals surface area contributed by atoms with Gasteiger partial charge in [0, 0.05) is 48.5 Å². The molecule has 1 saturated heterocycles. The molecule has 0 amide bonds. The van der Waals surface area contributed by atoms with Gasteiger partial charge in [-0.3, -0.25) is 4.99 Å². The second-order valence-corrected chi connectivity index (χ2v) is 8.66. The van der Waals surface area contributed by atoms with Crippen LogP contribution in [-0.2, 0) is 0 Å². The lowest BCUT2D eigenvalue weighted by Crippen LogP contribution is -2.45. The van der Waals surface area contributed by atoms with Crippen LogP contribution in [0.1, 0.15) is 43.7 Å². The van der Waals surface area contributed by atoms with Crippen LogP contribution in [-0.4, -0.2) is 42.8 Å². The van der Waals surface area contributed by atoms with E-state index in [2.05, 4.69) is 44.3 Å². The average Bonchev–Trinajstić information content (AvgIpc) is 3.51. The predicted molar refractivity (Wildman–Crippen MR) is 114 cm³/mol. The first kappa shape index (κ1) is 18.2. The lowest BCUT2D eigenvalue weighted by molar-refractivity contribution is 0.193. The summed E-state index contributed by atoms with van der Waals surface area (Å²) in [5, 5.41) is 4.59. The Balaban J connectivity index is 1.37. The fourth-order valence-electron chi connectivity index (χ4n) is 4.56. The van der Waals surface area contributed by atoms with Crippen LogP contribution in [0, 0.1) is 0 Å². The zero-order valence-corrected chi connectivity index (χ0v) is 16.9. The SMILES string of the molecule is Clc1ccc(C2NNC(NC3CCN(C4CC4)CC3)=C2C2=CC=NCC2)cc1. The van der Waals surface area contributed by atoms with Gasteiger partial charge in [0.1, 0.15) is 5.82 Å². The van der Waals surface area contributed by atoms with E-state index in [0.29, 0.717) is 6.04 Å². The van der Waals surface area contributed by atoms with Crippen LogP contribution in [0.25, 0.3) is 0 Å². The van der Waals surface area contributed by atoms with Crippen molar-refractivity contribution in [1.82, 2.24) is 21.1 Å². The Kier molecular flexibility index (Phi) is 5.14. The maximum Gasteiger partial charge on any atom is 0.119 e. The van der Waals surface area contributed by atoms with Gasteiger partial charge in [-0.1, -0.05) is 23.7 Å². The molecular formula is C22H28ClN5. The van der Waals surface area contributed by atoms with Crippen LogP contribution in [0.5, 0.6) is 0 Å². The fraction of sp³-hybridized carbons (Fsp3) is 0.500. The van der Waals surface area contributed by atoms with Gasteiger partial charge in [0.2, 0.25) is 0 Å². The molecule has 0 spiro atoms. The van der Waals surface area contributed by atoms with E-state index in [1.807, 2.05) is 18.3 Å². The third-order valence-corrected chi connectivity index (χ3v) is 6.53. The van der Waals surface area contributed by atoms with Gasteiger partial charge in [0.25, 0.3) is 0 Å². The zero-order valence-electron chi connectivity index (χ0n) is 16.1. The van der Waals surface area contributed by atoms with Gasteiger partial charge in [-0.2, -0.15) is 0 Å². The summed E-state index contributed by atoms with van der Waals surface area (Å²) >= 11 is 6.11. The van der Waals surface area contributed by atoms with Crippen LogP contribution in [0.4, 0.5) is 0 Å². The molecule has 0 radical (unpaired) electrons. The van der Waals surface area contributed by atoms with E-state index in [9.17, 15) is 0 Å². The van der Waals surface area contributed by atoms with Gasteiger partial charge in [-0.15, -0.1) is 0 Å². The molecule has 1 aliphatic carbocycles. The Morgan fingerprint density at radius 3 is 2.54 bits per heavy atom. The van der Waals surface area contributed by atoms with Gasteiger partial charge in [-0.25, -0.2) is 5.43 Å². The zero-order chi connectivity index (χ0) is 18.9. The lowest BCUT2D eigenvalue weighted by Gasteiger charge is -2.33. The highest BCUT2D eigenvalue weighted by molar-refractivity contribution is 6.30. The first-order valence-corrected chi connectivity index (χ1v) is 10.9. The topological polar surface area (TPSA) is 51.7 Å². The smallest absolute Gasteiger partial charge is 0.119 e. The monoisotopic (exact) mass is 397 g/mol. The molecular weight excluding hydrogens is 370 g/mol. The van der Waals surface area contributed by atoms with Crippen molar-refractivity contribution in [2.75, 3.05) is 19.6 Å². The molecule has 2 fully saturated rings. The highest BCUT2D eigenvalue weighted by Crippen LogP contribution is 2.35. The van der Waals surface area contributed by atoms with Crippen molar-refractivity contribution in [3.05, 3.63) is 57.9 Å². The quantitative estimate of drug-likeness (QED) is 0.713. The third-order valence-electron chi connectivity index (χ3n) is 6.28. The highest BCUT2D eigenvalue weighted by atomic mass is 35.5. The molecule has 28 heavy (non-hydrogen) atoms. The van der Waals surface area contributed by atoms with Crippen molar-refractivity contribution in [3.63, 3.8) is 0 Å². The van der Waals surface area contributed by atoms with Gasteiger partial charge in [0.15, 0.2) is 0 Å². The number of nitrogens with zero attached hydrogens (tertiary/aromatic N) is 2. The number of hydrazine groups is 1. The minimum atomic E-state index is 0.115. The molecule has 3 N–H and O–H groups in total. The van der Waals surface area contributed by atoms with Crippen LogP contribution in [0.15, 0.2) is 52.3 Å². The van der Waals surface area contributed by atoms with E-state index < -0.39 is 0 Å². The average molecular weight is 398 g/mol. The van der Waals surface area contributed by atoms with Gasteiger partial charge in [0.05, 0.1) is 6.04 Å². The summed E-state index contributed by atoms with van der Waals surface area (Å²) in [4.78, 5) is 7.04. The molecule has 0 bridgehead atoms. The van der Waals surface area contributed by atoms with E-state index in [4.69, 9.17) is 11.6 Å². The molecule has 6 heteroatoms. The summed E-state index contributed by atoms with van der Waals surface area (Å²) in [5.41, 5.74) is 10.8. The number of allylic oxidation sites excluding steroid dienone is 1. The number of dihydropyridines is 1. The standard InChI is InChI=1S/C22H28ClN5/c23-17-3-1-16(2-4-17)21-20(15-7-11-24-12-8-15)22(27-26-21)25-18-9-13-28(14-10-18)19-5-6-19/h1-4,7,11,18-19,21,25-27H,5-6,8-10,12-14H2. The first-order valence-electron chi connectivity index (χ1n) is 10.5. The predicted octanol–water partition coefficient (Wildman–Crippen LogP) is 3.32. The van der Waals surface area contributed by atoms with Crippen molar-refractivity contribution >= 4 is 17.8 Å². The molecule has 1 aromatic rings. The number of benzene rings is 1. The third kappa shape index (κ3) is 3.84. The number of piperidine rings is 1. The summed E-state index contributed by atoms with van der Waals surface area (Å²) < 4.78 is 0. The molecule has 4 aliphatic rings. The van der Waals surface area contributed by atoms with Crippen LogP contribution in [0.3, 0.4) is 0 Å². The Bertz CT molecular complexity index is 801. The number of hydrogen-bond donors (Lipinski definition) is 3. The summed E-state index contributed by atoms with van der Waals surface area (Å²) in [6.45, 7) is 3.29. The number of likely N-dealkylation sites (tertiary alicyclic amines) is 1. The van der Waals surface area contributed by atoms with Crippen molar-refractivity contribution < 1.29 is 0 Å². The van der Waals surface area contributed by atoms with Gasteiger partial charge >= 0.3 is 0 Å². The summed E-state index contributed by atoms with van der Waals surface area (Å²) in [6.07, 6.45) is 10.3. The van der Waals surface area contributed by atoms with Crippen molar-refractivity contribution in [2.45, 2.75) is 50.2 Å². The Morgan fingerprint density at radius 1 is 1.07 bits per heavy atom. The molecule has 5 rings (SSSR count). The normalized spacial score (nSPS) is 26.3. The van der Waals surface area contributed by atoms with Crippen LogP contribution < -0.4 is 16.2 Å². The number of halogens is 1. The molecule has 3 aliphatic heterocycles. The number of rotatable bonds is 5. The van der Waals surface area contributed by atoms with Crippen LogP contribution in [0.2, 0.25) is 5.02 Å². The molecule has 148 valence electrons. The molecule has 3 heterocycles. The molecule has 1 saturated carbocycles. The van der Waals surface area contributed by atoms with E-state index in [0.717, 1.165) is 29.9 Å². The molecule has 0 aromatic heterocycles. The Morgan fingerprint density at radius 2 is 1.86 bits per heavy atom. The Hall–Kier alpha value is -1.82. The van der Waals surface area contributed by atoms with E-state index in [1.165, 1.54) is 55.5 Å². The number of aliphatic imine (C=N–C) groups is 1. The lowest BCUT2D eigenvalue weighted by atomic mass is 9.91. The maximum absolute atomic E-state index is 6.11. The molecule has 1 unspecified atom stereocenters. The number of nitrogens with one attached hydrogen (secondary N) is 3. The summed E-state index contributed by atoms with van der Waals surface area (Å²) in [7, 11) is 0. The van der Waals surface area contributed by atoms with Crippen molar-refractivity contribution in [1.29, 1.82) is 0 Å². The van der Waals surface area contributed by atoms with E-state index in [-0.39, 0.29) is 6.04 Å². The first-order chi connectivity index (χ1) is 13.8. The number of hydrogen-bond acceptors (Lipinski definition) is 5. The molecule has 5 nitrogen and oxygen atoms in total. The minimum absolute atomic E-state index is 0.115. The Labute approximate surface area is 171 Å². The second kappa shape index (κ2) is 7.90. The molecule has 1 aromatic carbocycles. The van der Waals surface area contributed by atoms with E-state index >= 15 is 0 Å². The maximum atomic E-state index is 6.11. The molecule has 1 atom stereocenters. The van der Waals surface area contributed by atoms with Crippen molar-refractivity contribution in [2.24, 2.45) is 4.99 Å².